The van der Waals surface area contributed by atoms with Crippen molar-refractivity contribution in [1.82, 2.24) is 4.57 Å². The Bertz CT molecular complexity index is 1010. The highest BCUT2D eigenvalue weighted by Gasteiger charge is 2.12. The number of benzene rings is 2. The molecule has 0 aliphatic carbocycles. The van der Waals surface area contributed by atoms with Gasteiger partial charge in [-0.15, -0.1) is 0 Å². The molecule has 1 heterocycles. The number of nitrogens with one attached hydrogen (secondary N) is 1. The monoisotopic (exact) mass is 364 g/mol. The van der Waals surface area contributed by atoms with Gasteiger partial charge in [-0.05, 0) is 55.5 Å². The van der Waals surface area contributed by atoms with Gasteiger partial charge in [0.15, 0.2) is 5.43 Å². The second kappa shape index (κ2) is 7.78. The fourth-order valence-electron chi connectivity index (χ4n) is 2.48. The lowest BCUT2D eigenvalue weighted by Crippen LogP contribution is -2.23. The summed E-state index contributed by atoms with van der Waals surface area (Å²) < 4.78 is 12.6. The van der Waals surface area contributed by atoms with E-state index in [2.05, 4.69) is 5.32 Å². The van der Waals surface area contributed by atoms with Crippen LogP contribution in [0.2, 0.25) is 0 Å². The van der Waals surface area contributed by atoms with Crippen LogP contribution < -0.4 is 20.2 Å². The molecular weight excluding hydrogens is 344 g/mol. The summed E-state index contributed by atoms with van der Waals surface area (Å²) >= 11 is 0. The van der Waals surface area contributed by atoms with E-state index in [1.165, 1.54) is 12.3 Å². The number of anilines is 1. The van der Waals surface area contributed by atoms with Gasteiger partial charge in [0.1, 0.15) is 22.8 Å². The topological polar surface area (TPSA) is 69.6 Å². The van der Waals surface area contributed by atoms with Gasteiger partial charge in [0.2, 0.25) is 0 Å². The summed E-state index contributed by atoms with van der Waals surface area (Å²) in [4.78, 5) is 24.4. The molecule has 1 aromatic heterocycles. The summed E-state index contributed by atoms with van der Waals surface area (Å²) in [5.74, 6) is 1.61. The first-order valence-electron chi connectivity index (χ1n) is 8.37. The molecule has 3 rings (SSSR count). The molecule has 0 saturated heterocycles. The molecule has 2 aromatic carbocycles. The molecule has 0 aliphatic rings. The van der Waals surface area contributed by atoms with E-state index in [1.807, 2.05) is 31.2 Å². The maximum absolute atomic E-state index is 12.4. The number of ether oxygens (including phenoxy) is 2. The highest BCUT2D eigenvalue weighted by Crippen LogP contribution is 2.25. The van der Waals surface area contributed by atoms with Crippen molar-refractivity contribution >= 4 is 11.6 Å². The summed E-state index contributed by atoms with van der Waals surface area (Å²) in [7, 11) is 3.39. The lowest BCUT2D eigenvalue weighted by Gasteiger charge is -2.10. The molecule has 3 aromatic rings. The molecule has 27 heavy (non-hydrogen) atoms. The molecule has 138 valence electrons. The summed E-state index contributed by atoms with van der Waals surface area (Å²) in [6.07, 6.45) is 1.54. The number of aromatic nitrogens is 1. The molecule has 0 aliphatic heterocycles. The molecule has 0 fully saturated rings. The maximum atomic E-state index is 12.4. The number of pyridine rings is 1. The predicted molar refractivity (Wildman–Crippen MR) is 104 cm³/mol. The Balaban J connectivity index is 1.69. The Morgan fingerprint density at radius 2 is 1.52 bits per heavy atom. The van der Waals surface area contributed by atoms with Crippen molar-refractivity contribution in [3.8, 4) is 17.2 Å². The molecule has 1 amide bonds. The number of hydrogen-bond donors (Lipinski definition) is 1. The minimum atomic E-state index is -0.445. The lowest BCUT2D eigenvalue weighted by molar-refractivity contribution is 0.102. The van der Waals surface area contributed by atoms with E-state index in [0.717, 1.165) is 11.4 Å². The third-order valence-corrected chi connectivity index (χ3v) is 4.14. The van der Waals surface area contributed by atoms with Crippen molar-refractivity contribution in [2.24, 2.45) is 7.05 Å². The highest BCUT2D eigenvalue weighted by molar-refractivity contribution is 6.04. The first-order valence-corrected chi connectivity index (χ1v) is 8.37. The highest BCUT2D eigenvalue weighted by atomic mass is 16.5. The van der Waals surface area contributed by atoms with E-state index in [1.54, 1.807) is 43.0 Å². The summed E-state index contributed by atoms with van der Waals surface area (Å²) in [6.45, 7) is 1.81. The maximum Gasteiger partial charge on any atom is 0.261 e. The average Bonchev–Trinajstić information content (AvgIpc) is 2.67. The molecule has 0 unspecified atom stereocenters. The number of nitrogens with zero attached hydrogens (tertiary/aromatic N) is 1. The van der Waals surface area contributed by atoms with Gasteiger partial charge >= 0.3 is 0 Å². The number of hydrogen-bond acceptors (Lipinski definition) is 4. The Kier molecular flexibility index (Phi) is 5.26. The Hall–Kier alpha value is -3.54. The van der Waals surface area contributed by atoms with E-state index in [4.69, 9.17) is 9.47 Å². The fraction of sp³-hybridized carbons (Fsp3) is 0.143. The minimum Gasteiger partial charge on any atom is -0.497 e. The number of methoxy groups -OCH3 is 1. The van der Waals surface area contributed by atoms with Gasteiger partial charge in [0.05, 0.1) is 7.11 Å². The van der Waals surface area contributed by atoms with Crippen molar-refractivity contribution in [2.45, 2.75) is 6.92 Å². The number of carbonyl (C=O) groups is 1. The smallest absolute Gasteiger partial charge is 0.261 e. The molecule has 6 nitrogen and oxygen atoms in total. The first-order chi connectivity index (χ1) is 13.0. The van der Waals surface area contributed by atoms with E-state index in [-0.39, 0.29) is 11.0 Å². The quantitative estimate of drug-likeness (QED) is 0.749. The SMILES string of the molecule is COc1ccc(Oc2ccc(NC(=O)c3cn(C)c(C)cc3=O)cc2)cc1. The van der Waals surface area contributed by atoms with Crippen LogP contribution in [0.5, 0.6) is 17.2 Å². The van der Waals surface area contributed by atoms with Crippen LogP contribution in [0, 0.1) is 6.92 Å². The molecule has 0 atom stereocenters. The average molecular weight is 364 g/mol. The third kappa shape index (κ3) is 4.36. The minimum absolute atomic E-state index is 0.0988. The summed E-state index contributed by atoms with van der Waals surface area (Å²) in [6, 6.07) is 15.6. The van der Waals surface area contributed by atoms with Gasteiger partial charge in [0, 0.05) is 30.7 Å². The van der Waals surface area contributed by atoms with Crippen LogP contribution in [0.3, 0.4) is 0 Å². The second-order valence-corrected chi connectivity index (χ2v) is 6.06. The standard InChI is InChI=1S/C21H20N2O4/c1-14-12-20(24)19(13-23(14)2)21(25)22-15-4-6-17(7-5-15)27-18-10-8-16(26-3)9-11-18/h4-13H,1-3H3,(H,22,25). The van der Waals surface area contributed by atoms with Crippen molar-refractivity contribution in [1.29, 1.82) is 0 Å². The van der Waals surface area contributed by atoms with Crippen molar-refractivity contribution in [3.63, 3.8) is 0 Å². The van der Waals surface area contributed by atoms with Gasteiger partial charge in [-0.1, -0.05) is 0 Å². The van der Waals surface area contributed by atoms with Crippen LogP contribution in [-0.2, 0) is 7.05 Å². The van der Waals surface area contributed by atoms with Gasteiger partial charge in [-0.3, -0.25) is 9.59 Å². The normalized spacial score (nSPS) is 10.3. The second-order valence-electron chi connectivity index (χ2n) is 6.06. The molecular formula is C21H20N2O4. The van der Waals surface area contributed by atoms with Gasteiger partial charge in [-0.25, -0.2) is 0 Å². The zero-order valence-corrected chi connectivity index (χ0v) is 15.4. The van der Waals surface area contributed by atoms with E-state index in [0.29, 0.717) is 17.2 Å². The van der Waals surface area contributed by atoms with Crippen molar-refractivity contribution in [2.75, 3.05) is 12.4 Å². The predicted octanol–water partition coefficient (Wildman–Crippen LogP) is 3.75. The first kappa shape index (κ1) is 18.3. The van der Waals surface area contributed by atoms with Gasteiger partial charge in [-0.2, -0.15) is 0 Å². The molecule has 0 saturated carbocycles. The van der Waals surface area contributed by atoms with Crippen LogP contribution in [0.4, 0.5) is 5.69 Å². The fourth-order valence-corrected chi connectivity index (χ4v) is 2.48. The van der Waals surface area contributed by atoms with Gasteiger partial charge in [0.25, 0.3) is 5.91 Å². The van der Waals surface area contributed by atoms with Crippen LogP contribution in [0.15, 0.2) is 65.6 Å². The largest absolute Gasteiger partial charge is 0.497 e. The van der Waals surface area contributed by atoms with Crippen molar-refractivity contribution in [3.05, 3.63) is 82.3 Å². The number of amides is 1. The molecule has 0 bridgehead atoms. The van der Waals surface area contributed by atoms with Crippen LogP contribution >= 0.6 is 0 Å². The van der Waals surface area contributed by atoms with Crippen LogP contribution in [0.25, 0.3) is 0 Å². The molecule has 6 heteroatoms. The Labute approximate surface area is 157 Å². The lowest BCUT2D eigenvalue weighted by atomic mass is 10.2. The summed E-state index contributed by atoms with van der Waals surface area (Å²) in [5, 5.41) is 2.73. The zero-order chi connectivity index (χ0) is 19.4. The molecule has 0 radical (unpaired) electrons. The Morgan fingerprint density at radius 1 is 0.963 bits per heavy atom. The molecule has 0 spiro atoms. The number of carbonyl (C=O) groups excluding carboxylic acids is 1. The third-order valence-electron chi connectivity index (χ3n) is 4.14. The Morgan fingerprint density at radius 3 is 2.11 bits per heavy atom. The van der Waals surface area contributed by atoms with Gasteiger partial charge < -0.3 is 19.4 Å². The zero-order valence-electron chi connectivity index (χ0n) is 15.4. The molecule has 1 N–H and O–H groups in total. The number of rotatable bonds is 5. The van der Waals surface area contributed by atoms with Crippen LogP contribution in [-0.4, -0.2) is 17.6 Å². The number of aryl methyl sites for hydroxylation is 2. The van der Waals surface area contributed by atoms with E-state index < -0.39 is 5.91 Å². The van der Waals surface area contributed by atoms with E-state index in [9.17, 15) is 9.59 Å². The van der Waals surface area contributed by atoms with Crippen molar-refractivity contribution < 1.29 is 14.3 Å². The van der Waals surface area contributed by atoms with Crippen LogP contribution in [0.1, 0.15) is 16.1 Å². The summed E-state index contributed by atoms with van der Waals surface area (Å²) in [5.41, 5.74) is 1.16. The van der Waals surface area contributed by atoms with E-state index >= 15 is 0 Å².